The average Bonchev–Trinajstić information content (AvgIpc) is 2.33. The van der Waals surface area contributed by atoms with Gasteiger partial charge in [0.25, 0.3) is 0 Å². The lowest BCUT2D eigenvalue weighted by molar-refractivity contribution is 0.298. The van der Waals surface area contributed by atoms with Gasteiger partial charge in [-0.1, -0.05) is 35.3 Å². The van der Waals surface area contributed by atoms with Crippen molar-refractivity contribution in [3.63, 3.8) is 0 Å². The minimum Gasteiger partial charge on any atom is -0.488 e. The second-order valence-electron chi connectivity index (χ2n) is 3.90. The maximum absolute atomic E-state index is 13.5. The smallest absolute Gasteiger partial charge is 0.131 e. The molecule has 2 aromatic carbocycles. The molecule has 2 aromatic rings. The molecule has 0 unspecified atom stereocenters. The predicted molar refractivity (Wildman–Crippen MR) is 71.9 cm³/mol. The summed E-state index contributed by atoms with van der Waals surface area (Å²) in [6, 6.07) is 9.88. The van der Waals surface area contributed by atoms with Gasteiger partial charge >= 0.3 is 0 Å². The summed E-state index contributed by atoms with van der Waals surface area (Å²) in [5, 5.41) is 0.935. The van der Waals surface area contributed by atoms with E-state index in [1.807, 2.05) is 13.0 Å². The van der Waals surface area contributed by atoms with Crippen LogP contribution in [0.4, 0.5) is 4.39 Å². The molecule has 94 valence electrons. The molecule has 4 heteroatoms. The summed E-state index contributed by atoms with van der Waals surface area (Å²) in [5.41, 5.74) is 1.28. The van der Waals surface area contributed by atoms with Crippen molar-refractivity contribution in [2.45, 2.75) is 13.5 Å². The first-order chi connectivity index (χ1) is 8.58. The van der Waals surface area contributed by atoms with Gasteiger partial charge < -0.3 is 4.74 Å². The molecule has 0 bridgehead atoms. The molecule has 0 saturated carbocycles. The van der Waals surface area contributed by atoms with E-state index in [0.717, 1.165) is 5.56 Å². The maximum Gasteiger partial charge on any atom is 0.131 e. The van der Waals surface area contributed by atoms with Crippen molar-refractivity contribution in [2.24, 2.45) is 0 Å². The largest absolute Gasteiger partial charge is 0.488 e. The summed E-state index contributed by atoms with van der Waals surface area (Å²) >= 11 is 11.8. The van der Waals surface area contributed by atoms with Gasteiger partial charge in [0.15, 0.2) is 0 Å². The maximum atomic E-state index is 13.5. The molecular weight excluding hydrogens is 274 g/mol. The minimum absolute atomic E-state index is 0.0761. The first-order valence-electron chi connectivity index (χ1n) is 5.40. The number of hydrogen-bond acceptors (Lipinski definition) is 1. The van der Waals surface area contributed by atoms with Crippen LogP contribution in [0.15, 0.2) is 36.4 Å². The standard InChI is InChI=1S/C14H11Cl2FO/c1-9-5-6-10(15)7-14(9)18-8-11-12(16)3-2-4-13(11)17/h2-7H,8H2,1H3. The summed E-state index contributed by atoms with van der Waals surface area (Å²) < 4.78 is 19.1. The molecule has 0 saturated heterocycles. The van der Waals surface area contributed by atoms with E-state index in [9.17, 15) is 4.39 Å². The fourth-order valence-electron chi connectivity index (χ4n) is 1.55. The molecule has 2 rings (SSSR count). The lowest BCUT2D eigenvalue weighted by Crippen LogP contribution is -2.00. The Morgan fingerprint density at radius 3 is 2.67 bits per heavy atom. The Hall–Kier alpha value is -1.25. The number of hydrogen-bond donors (Lipinski definition) is 0. The van der Waals surface area contributed by atoms with Crippen LogP contribution in [-0.2, 0) is 6.61 Å². The van der Waals surface area contributed by atoms with Crippen molar-refractivity contribution in [3.05, 3.63) is 63.4 Å². The van der Waals surface area contributed by atoms with E-state index in [4.69, 9.17) is 27.9 Å². The highest BCUT2D eigenvalue weighted by Gasteiger charge is 2.08. The van der Waals surface area contributed by atoms with E-state index < -0.39 is 0 Å². The molecule has 0 atom stereocenters. The van der Waals surface area contributed by atoms with Gasteiger partial charge in [0, 0.05) is 10.6 Å². The number of halogens is 3. The van der Waals surface area contributed by atoms with Crippen LogP contribution in [0, 0.1) is 12.7 Å². The fourth-order valence-corrected chi connectivity index (χ4v) is 1.93. The zero-order valence-corrected chi connectivity index (χ0v) is 11.2. The molecule has 0 heterocycles. The normalized spacial score (nSPS) is 10.4. The third kappa shape index (κ3) is 2.95. The highest BCUT2D eigenvalue weighted by Crippen LogP contribution is 2.25. The van der Waals surface area contributed by atoms with Crippen molar-refractivity contribution >= 4 is 23.2 Å². The van der Waals surface area contributed by atoms with Crippen LogP contribution in [0.5, 0.6) is 5.75 Å². The molecule has 0 radical (unpaired) electrons. The molecule has 0 aromatic heterocycles. The van der Waals surface area contributed by atoms with Gasteiger partial charge in [-0.25, -0.2) is 4.39 Å². The molecule has 0 aliphatic heterocycles. The van der Waals surface area contributed by atoms with E-state index in [0.29, 0.717) is 21.4 Å². The monoisotopic (exact) mass is 284 g/mol. The summed E-state index contributed by atoms with van der Waals surface area (Å²) in [7, 11) is 0. The van der Waals surface area contributed by atoms with Gasteiger partial charge in [0.05, 0.1) is 5.02 Å². The Kier molecular flexibility index (Phi) is 4.10. The fraction of sp³-hybridized carbons (Fsp3) is 0.143. The summed E-state index contributed by atoms with van der Waals surface area (Å²) in [6.07, 6.45) is 0. The van der Waals surface area contributed by atoms with E-state index in [-0.39, 0.29) is 12.4 Å². The molecule has 0 aliphatic rings. The van der Waals surface area contributed by atoms with Crippen molar-refractivity contribution < 1.29 is 9.13 Å². The van der Waals surface area contributed by atoms with Gasteiger partial charge in [-0.2, -0.15) is 0 Å². The van der Waals surface area contributed by atoms with Gasteiger partial charge in [-0.05, 0) is 36.8 Å². The SMILES string of the molecule is Cc1ccc(Cl)cc1OCc1c(F)cccc1Cl. The van der Waals surface area contributed by atoms with Crippen molar-refractivity contribution in [3.8, 4) is 5.75 Å². The van der Waals surface area contributed by atoms with Crippen molar-refractivity contribution in [1.82, 2.24) is 0 Å². The lowest BCUT2D eigenvalue weighted by atomic mass is 10.2. The number of ether oxygens (including phenoxy) is 1. The second kappa shape index (κ2) is 5.59. The Morgan fingerprint density at radius 1 is 1.17 bits per heavy atom. The highest BCUT2D eigenvalue weighted by atomic mass is 35.5. The summed E-state index contributed by atoms with van der Waals surface area (Å²) in [5.74, 6) is 0.254. The lowest BCUT2D eigenvalue weighted by Gasteiger charge is -2.11. The molecule has 0 spiro atoms. The van der Waals surface area contributed by atoms with Crippen LogP contribution in [0.3, 0.4) is 0 Å². The quantitative estimate of drug-likeness (QED) is 0.769. The van der Waals surface area contributed by atoms with Crippen molar-refractivity contribution in [2.75, 3.05) is 0 Å². The van der Waals surface area contributed by atoms with E-state index in [1.54, 1.807) is 24.3 Å². The van der Waals surface area contributed by atoms with Crippen molar-refractivity contribution in [1.29, 1.82) is 0 Å². The summed E-state index contributed by atoms with van der Waals surface area (Å²) in [6.45, 7) is 1.97. The number of rotatable bonds is 3. The third-order valence-electron chi connectivity index (χ3n) is 2.58. The second-order valence-corrected chi connectivity index (χ2v) is 4.74. The molecule has 0 fully saturated rings. The van der Waals surface area contributed by atoms with Crippen LogP contribution < -0.4 is 4.74 Å². The van der Waals surface area contributed by atoms with E-state index in [2.05, 4.69) is 0 Å². The van der Waals surface area contributed by atoms with Gasteiger partial charge in [0.2, 0.25) is 0 Å². The van der Waals surface area contributed by atoms with Gasteiger partial charge in [-0.15, -0.1) is 0 Å². The molecule has 18 heavy (non-hydrogen) atoms. The Morgan fingerprint density at radius 2 is 1.94 bits per heavy atom. The first-order valence-corrected chi connectivity index (χ1v) is 6.15. The molecular formula is C14H11Cl2FO. The number of aryl methyl sites for hydroxylation is 1. The zero-order chi connectivity index (χ0) is 13.1. The molecule has 0 N–H and O–H groups in total. The Bertz CT molecular complexity index is 549. The first kappa shape index (κ1) is 13.2. The highest BCUT2D eigenvalue weighted by molar-refractivity contribution is 6.31. The van der Waals surface area contributed by atoms with Crippen LogP contribution >= 0.6 is 23.2 Å². The van der Waals surface area contributed by atoms with Gasteiger partial charge in [0.1, 0.15) is 18.2 Å². The minimum atomic E-state index is -0.373. The topological polar surface area (TPSA) is 9.23 Å². The van der Waals surface area contributed by atoms with Gasteiger partial charge in [-0.3, -0.25) is 0 Å². The average molecular weight is 285 g/mol. The molecule has 0 aliphatic carbocycles. The number of benzene rings is 2. The van der Waals surface area contributed by atoms with Crippen LogP contribution in [0.25, 0.3) is 0 Å². The third-order valence-corrected chi connectivity index (χ3v) is 3.17. The molecule has 1 nitrogen and oxygen atoms in total. The molecule has 0 amide bonds. The Balaban J connectivity index is 2.19. The van der Waals surface area contributed by atoms with Crippen LogP contribution in [-0.4, -0.2) is 0 Å². The summed E-state index contributed by atoms with van der Waals surface area (Å²) in [4.78, 5) is 0. The zero-order valence-electron chi connectivity index (χ0n) is 9.71. The van der Waals surface area contributed by atoms with Crippen LogP contribution in [0.2, 0.25) is 10.0 Å². The van der Waals surface area contributed by atoms with E-state index in [1.165, 1.54) is 6.07 Å². The van der Waals surface area contributed by atoms with Crippen LogP contribution in [0.1, 0.15) is 11.1 Å². The predicted octanol–water partition coefficient (Wildman–Crippen LogP) is 5.02. The Labute approximate surface area is 115 Å². The van der Waals surface area contributed by atoms with E-state index >= 15 is 0 Å².